The molecule has 3 N–H and O–H groups in total. The highest BCUT2D eigenvalue weighted by molar-refractivity contribution is 5.79. The number of benzene rings is 1. The third kappa shape index (κ3) is 2.41. The largest absolute Gasteiger partial charge is 0.496 e. The van der Waals surface area contributed by atoms with Gasteiger partial charge in [-0.2, -0.15) is 5.10 Å². The lowest BCUT2D eigenvalue weighted by molar-refractivity contribution is 0.213. The van der Waals surface area contributed by atoms with Crippen molar-refractivity contribution in [2.24, 2.45) is 0 Å². The van der Waals surface area contributed by atoms with Crippen molar-refractivity contribution in [2.45, 2.75) is 19.5 Å². The third-order valence-electron chi connectivity index (χ3n) is 3.12. The van der Waals surface area contributed by atoms with Crippen LogP contribution in [-0.4, -0.2) is 24.4 Å². The fraction of sp³-hybridized carbons (Fsp3) is 0.357. The highest BCUT2D eigenvalue weighted by Crippen LogP contribution is 2.42. The number of nitrogens with zero attached hydrogens (tertiary/aromatic N) is 1. The number of alkyl halides is 1. The van der Waals surface area contributed by atoms with Crippen LogP contribution in [0.1, 0.15) is 19.4 Å². The topological polar surface area (TPSA) is 73.2 Å². The van der Waals surface area contributed by atoms with Crippen LogP contribution in [0, 0.1) is 0 Å². The second-order valence-corrected chi connectivity index (χ2v) is 4.92. The monoisotopic (exact) mass is 279 g/mol. The molecule has 0 amide bonds. The van der Waals surface area contributed by atoms with Gasteiger partial charge >= 0.3 is 0 Å². The highest BCUT2D eigenvalue weighted by atomic mass is 19.1. The Balaban J connectivity index is 2.71. The number of aromatic amines is 1. The predicted octanol–water partition coefficient (Wildman–Crippen LogP) is 2.88. The standard InChI is InChI=1S/C14H18FN3O2/c1-14(2,15)10-5-8(9-7-17-18-13(9)16)11(19-3)6-12(10)20-4/h5-7H,1-4H3,(H3,16,17,18). The minimum absolute atomic E-state index is 0.399. The van der Waals surface area contributed by atoms with Crippen LogP contribution in [0.3, 0.4) is 0 Å². The van der Waals surface area contributed by atoms with Gasteiger partial charge in [-0.3, -0.25) is 5.10 Å². The molecule has 1 aromatic carbocycles. The number of nitrogens with two attached hydrogens (primary N) is 1. The summed E-state index contributed by atoms with van der Waals surface area (Å²) in [4.78, 5) is 0. The van der Waals surface area contributed by atoms with Crippen LogP contribution < -0.4 is 15.2 Å². The summed E-state index contributed by atoms with van der Waals surface area (Å²) in [7, 11) is 3.03. The quantitative estimate of drug-likeness (QED) is 0.902. The first kappa shape index (κ1) is 14.2. The van der Waals surface area contributed by atoms with E-state index < -0.39 is 5.67 Å². The SMILES string of the molecule is COc1cc(OC)c(C(C)(C)F)cc1-c1cn[nH]c1N. The van der Waals surface area contributed by atoms with E-state index in [9.17, 15) is 4.39 Å². The molecule has 108 valence electrons. The first-order valence-electron chi connectivity index (χ1n) is 6.13. The van der Waals surface area contributed by atoms with Gasteiger partial charge in [0.05, 0.1) is 20.4 Å². The van der Waals surface area contributed by atoms with E-state index in [2.05, 4.69) is 10.2 Å². The smallest absolute Gasteiger partial charge is 0.134 e. The minimum Gasteiger partial charge on any atom is -0.496 e. The van der Waals surface area contributed by atoms with Gasteiger partial charge in [0, 0.05) is 22.8 Å². The summed E-state index contributed by atoms with van der Waals surface area (Å²) in [5.41, 5.74) is 6.03. The molecule has 0 aliphatic carbocycles. The molecule has 0 fully saturated rings. The summed E-state index contributed by atoms with van der Waals surface area (Å²) < 4.78 is 24.9. The predicted molar refractivity (Wildman–Crippen MR) is 75.7 cm³/mol. The van der Waals surface area contributed by atoms with Crippen LogP contribution >= 0.6 is 0 Å². The summed E-state index contributed by atoms with van der Waals surface area (Å²) in [6, 6.07) is 3.33. The Kier molecular flexibility index (Phi) is 3.57. The molecule has 0 atom stereocenters. The van der Waals surface area contributed by atoms with Crippen molar-refractivity contribution in [1.82, 2.24) is 10.2 Å². The van der Waals surface area contributed by atoms with Gasteiger partial charge in [-0.25, -0.2) is 4.39 Å². The molecule has 1 heterocycles. The Bertz CT molecular complexity index is 617. The van der Waals surface area contributed by atoms with Crippen LogP contribution in [0.2, 0.25) is 0 Å². The number of anilines is 1. The number of nitrogens with one attached hydrogen (secondary N) is 1. The molecular weight excluding hydrogens is 261 g/mol. The van der Waals surface area contributed by atoms with Crippen LogP contribution in [0.25, 0.3) is 11.1 Å². The van der Waals surface area contributed by atoms with Crippen LogP contribution in [0.5, 0.6) is 11.5 Å². The molecular formula is C14H18FN3O2. The number of aromatic nitrogens is 2. The van der Waals surface area contributed by atoms with Gasteiger partial charge in [-0.15, -0.1) is 0 Å². The molecule has 0 aliphatic heterocycles. The normalized spacial score (nSPS) is 11.4. The van der Waals surface area contributed by atoms with E-state index in [0.29, 0.717) is 34.0 Å². The lowest BCUT2D eigenvalue weighted by atomic mass is 9.94. The lowest BCUT2D eigenvalue weighted by Crippen LogP contribution is -2.11. The molecule has 6 heteroatoms. The van der Waals surface area contributed by atoms with E-state index in [1.807, 2.05) is 0 Å². The van der Waals surface area contributed by atoms with Crippen molar-refractivity contribution in [1.29, 1.82) is 0 Å². The molecule has 2 rings (SSSR count). The number of hydrogen-bond acceptors (Lipinski definition) is 4. The maximum Gasteiger partial charge on any atom is 0.134 e. The maximum atomic E-state index is 14.4. The van der Waals surface area contributed by atoms with Crippen molar-refractivity contribution >= 4 is 5.82 Å². The van der Waals surface area contributed by atoms with E-state index in [1.54, 1.807) is 18.3 Å². The Labute approximate surface area is 116 Å². The molecule has 1 aromatic heterocycles. The summed E-state index contributed by atoms with van der Waals surface area (Å²) in [5.74, 6) is 1.37. The van der Waals surface area contributed by atoms with Gasteiger partial charge in [0.1, 0.15) is 23.0 Å². The van der Waals surface area contributed by atoms with Gasteiger partial charge in [0.2, 0.25) is 0 Å². The Morgan fingerprint density at radius 3 is 2.25 bits per heavy atom. The molecule has 0 spiro atoms. The number of halogens is 1. The van der Waals surface area contributed by atoms with Gasteiger partial charge in [-0.1, -0.05) is 0 Å². The van der Waals surface area contributed by atoms with Crippen LogP contribution in [-0.2, 0) is 5.67 Å². The minimum atomic E-state index is -1.55. The highest BCUT2D eigenvalue weighted by Gasteiger charge is 2.26. The second kappa shape index (κ2) is 5.03. The first-order chi connectivity index (χ1) is 9.38. The molecule has 0 radical (unpaired) electrons. The number of H-pyrrole nitrogens is 1. The molecule has 20 heavy (non-hydrogen) atoms. The number of nitrogen functional groups attached to an aromatic ring is 1. The molecule has 0 saturated carbocycles. The third-order valence-corrected chi connectivity index (χ3v) is 3.12. The number of rotatable bonds is 4. The molecule has 5 nitrogen and oxygen atoms in total. The van der Waals surface area contributed by atoms with Crippen molar-refractivity contribution in [3.05, 3.63) is 23.9 Å². The Morgan fingerprint density at radius 1 is 1.15 bits per heavy atom. The van der Waals surface area contributed by atoms with Crippen LogP contribution in [0.4, 0.5) is 10.2 Å². The summed E-state index contributed by atoms with van der Waals surface area (Å²) in [6.07, 6.45) is 1.58. The Hall–Kier alpha value is -2.24. The lowest BCUT2D eigenvalue weighted by Gasteiger charge is -2.21. The summed E-state index contributed by atoms with van der Waals surface area (Å²) in [5, 5.41) is 6.53. The zero-order valence-electron chi connectivity index (χ0n) is 12.0. The summed E-state index contributed by atoms with van der Waals surface area (Å²) in [6.45, 7) is 2.94. The van der Waals surface area contributed by atoms with Crippen molar-refractivity contribution < 1.29 is 13.9 Å². The molecule has 0 aliphatic rings. The molecule has 2 aromatic rings. The average molecular weight is 279 g/mol. The average Bonchev–Trinajstić information content (AvgIpc) is 2.82. The van der Waals surface area contributed by atoms with Gasteiger partial charge in [-0.05, 0) is 19.9 Å². The first-order valence-corrected chi connectivity index (χ1v) is 6.13. The zero-order valence-corrected chi connectivity index (χ0v) is 12.0. The van der Waals surface area contributed by atoms with E-state index in [4.69, 9.17) is 15.2 Å². The van der Waals surface area contributed by atoms with Crippen molar-refractivity contribution in [3.8, 4) is 22.6 Å². The van der Waals surface area contributed by atoms with Gasteiger partial charge in [0.25, 0.3) is 0 Å². The van der Waals surface area contributed by atoms with Gasteiger partial charge in [0.15, 0.2) is 0 Å². The maximum absolute atomic E-state index is 14.4. The fourth-order valence-electron chi connectivity index (χ4n) is 2.08. The van der Waals surface area contributed by atoms with E-state index >= 15 is 0 Å². The fourth-order valence-corrected chi connectivity index (χ4v) is 2.08. The molecule has 0 bridgehead atoms. The molecule has 0 saturated heterocycles. The molecule has 0 unspecified atom stereocenters. The van der Waals surface area contributed by atoms with Crippen molar-refractivity contribution in [3.63, 3.8) is 0 Å². The number of hydrogen-bond donors (Lipinski definition) is 2. The zero-order chi connectivity index (χ0) is 14.9. The van der Waals surface area contributed by atoms with E-state index in [0.717, 1.165) is 0 Å². The second-order valence-electron chi connectivity index (χ2n) is 4.92. The Morgan fingerprint density at radius 2 is 1.80 bits per heavy atom. The van der Waals surface area contributed by atoms with Crippen molar-refractivity contribution in [2.75, 3.05) is 20.0 Å². The van der Waals surface area contributed by atoms with E-state index in [-0.39, 0.29) is 0 Å². The van der Waals surface area contributed by atoms with Crippen LogP contribution in [0.15, 0.2) is 18.3 Å². The van der Waals surface area contributed by atoms with Gasteiger partial charge < -0.3 is 15.2 Å². The number of ether oxygens (including phenoxy) is 2. The summed E-state index contributed by atoms with van der Waals surface area (Å²) >= 11 is 0. The number of methoxy groups -OCH3 is 2. The van der Waals surface area contributed by atoms with E-state index in [1.165, 1.54) is 28.1 Å².